The first-order valence-electron chi connectivity index (χ1n) is 22.8. The Hall–Kier alpha value is -4.26. The van der Waals surface area contributed by atoms with Crippen LogP contribution in [0.5, 0.6) is 5.75 Å². The summed E-state index contributed by atoms with van der Waals surface area (Å²) < 4.78 is 34.8. The van der Waals surface area contributed by atoms with Gasteiger partial charge in [0.1, 0.15) is 17.5 Å². The quantitative estimate of drug-likeness (QED) is 0.0708. The molecule has 4 saturated carbocycles. The highest BCUT2D eigenvalue weighted by atomic mass is 32.2. The fourth-order valence-electron chi connectivity index (χ4n) is 11.5. The Morgan fingerprint density at radius 3 is 2.43 bits per heavy atom. The van der Waals surface area contributed by atoms with Gasteiger partial charge < -0.3 is 19.5 Å². The molecule has 1 saturated heterocycles. The number of nitro groups is 1. The van der Waals surface area contributed by atoms with Gasteiger partial charge in [0, 0.05) is 67.2 Å². The fourth-order valence-corrected chi connectivity index (χ4v) is 12.9. The summed E-state index contributed by atoms with van der Waals surface area (Å²) in [7, 11) is 0.494. The van der Waals surface area contributed by atoms with Gasteiger partial charge in [-0.05, 0) is 118 Å². The molecule has 0 amide bonds. The molecule has 1 aliphatic heterocycles. The van der Waals surface area contributed by atoms with Crippen LogP contribution in [0.4, 0.5) is 11.4 Å². The van der Waals surface area contributed by atoms with Crippen LogP contribution in [0, 0.1) is 26.9 Å². The zero-order valence-corrected chi connectivity index (χ0v) is 37.4. The maximum absolute atomic E-state index is 14.2. The molecule has 5 fully saturated rings. The molecule has 12 heteroatoms. The van der Waals surface area contributed by atoms with E-state index < -0.39 is 20.9 Å². The van der Waals surface area contributed by atoms with Gasteiger partial charge in [0.2, 0.25) is 0 Å². The average molecular weight is 849 g/mol. The summed E-state index contributed by atoms with van der Waals surface area (Å²) in [6.45, 7) is 9.85. The summed E-state index contributed by atoms with van der Waals surface area (Å²) in [6.07, 6.45) is 17.7. The van der Waals surface area contributed by atoms with Crippen molar-refractivity contribution in [2.45, 2.75) is 114 Å². The van der Waals surface area contributed by atoms with Gasteiger partial charge in [-0.25, -0.2) is 13.4 Å². The summed E-state index contributed by atoms with van der Waals surface area (Å²) in [5.74, 6) is 0.624. The number of pyridine rings is 1. The van der Waals surface area contributed by atoms with Crippen molar-refractivity contribution in [3.8, 4) is 5.75 Å². The van der Waals surface area contributed by atoms with Crippen LogP contribution in [-0.4, -0.2) is 91.2 Å². The number of aryl methyl sites for hydroxylation is 1. The molecule has 10 rings (SSSR count). The highest BCUT2D eigenvalue weighted by Gasteiger charge is 2.70. The van der Waals surface area contributed by atoms with Crippen molar-refractivity contribution in [1.29, 1.82) is 0 Å². The fraction of sp³-hybridized carbons (Fsp3) is 0.571. The molecule has 1 unspecified atom stereocenters. The van der Waals surface area contributed by atoms with E-state index in [1.165, 1.54) is 69.9 Å². The number of allylic oxidation sites excluding steroid dienone is 1. The number of rotatable bonds is 15. The zero-order valence-electron chi connectivity index (χ0n) is 36.6. The van der Waals surface area contributed by atoms with Crippen LogP contribution in [0.15, 0.2) is 83.0 Å². The predicted octanol–water partition coefficient (Wildman–Crippen LogP) is 9.69. The zero-order chi connectivity index (χ0) is 42.6. The van der Waals surface area contributed by atoms with Crippen molar-refractivity contribution in [2.75, 3.05) is 57.5 Å². The van der Waals surface area contributed by atoms with Gasteiger partial charge in [-0.3, -0.25) is 15.0 Å². The molecular formula is C49H64N6O5S. The molecule has 3 heterocycles. The lowest BCUT2D eigenvalue weighted by Crippen LogP contribution is -2.74. The number of piperazine rings is 1. The van der Waals surface area contributed by atoms with E-state index in [9.17, 15) is 18.5 Å². The highest BCUT2D eigenvalue weighted by molar-refractivity contribution is 7.91. The van der Waals surface area contributed by atoms with Crippen molar-refractivity contribution < 1.29 is 18.1 Å². The lowest BCUT2D eigenvalue weighted by molar-refractivity contribution is -0.385. The van der Waals surface area contributed by atoms with Crippen molar-refractivity contribution in [2.24, 2.45) is 16.7 Å². The SMILES string of the molecule is CN(C)C12CC(C3=C(CN4CCN(c5ccc(C(CS(=O)(=O)c6ccc(CCC7CCCCC7)c([N+](=O)[O-])c6)Oc6cnc7[nH]ccc7c6)cc5)CC4)CCC(C)(C)C3)(C1)C2. The Labute approximate surface area is 362 Å². The van der Waals surface area contributed by atoms with Crippen LogP contribution in [0.25, 0.3) is 11.0 Å². The predicted molar refractivity (Wildman–Crippen MR) is 242 cm³/mol. The third-order valence-corrected chi connectivity index (χ3v) is 17.1. The molecule has 326 valence electrons. The van der Waals surface area contributed by atoms with Crippen molar-refractivity contribution in [3.63, 3.8) is 0 Å². The van der Waals surface area contributed by atoms with E-state index >= 15 is 0 Å². The maximum Gasteiger partial charge on any atom is 0.273 e. The number of aromatic nitrogens is 2. The Balaban J connectivity index is 0.893. The van der Waals surface area contributed by atoms with E-state index in [-0.39, 0.29) is 16.3 Å². The summed E-state index contributed by atoms with van der Waals surface area (Å²) in [6, 6.07) is 16.2. The Morgan fingerprint density at radius 2 is 1.72 bits per heavy atom. The third kappa shape index (κ3) is 8.61. The molecule has 61 heavy (non-hydrogen) atoms. The van der Waals surface area contributed by atoms with Crippen LogP contribution in [0.2, 0.25) is 0 Å². The normalized spacial score (nSPS) is 25.0. The molecule has 5 aliphatic carbocycles. The lowest BCUT2D eigenvalue weighted by atomic mass is 9.35. The smallest absolute Gasteiger partial charge is 0.273 e. The molecule has 0 spiro atoms. The van der Waals surface area contributed by atoms with E-state index in [1.807, 2.05) is 24.3 Å². The van der Waals surface area contributed by atoms with Crippen LogP contribution in [0.1, 0.15) is 108 Å². The number of nitro benzene ring substituents is 1. The number of ether oxygens (including phenoxy) is 1. The number of H-pyrrole nitrogens is 1. The second-order valence-electron chi connectivity index (χ2n) is 20.3. The molecule has 4 aromatic rings. The lowest BCUT2D eigenvalue weighted by Gasteiger charge is -2.75. The second kappa shape index (κ2) is 16.5. The van der Waals surface area contributed by atoms with Crippen LogP contribution < -0.4 is 9.64 Å². The molecule has 2 bridgehead atoms. The third-order valence-electron chi connectivity index (χ3n) is 15.4. The molecule has 2 aromatic heterocycles. The molecule has 11 nitrogen and oxygen atoms in total. The van der Waals surface area contributed by atoms with Crippen LogP contribution >= 0.6 is 0 Å². The minimum Gasteiger partial charge on any atom is -0.483 e. The van der Waals surface area contributed by atoms with E-state index in [0.29, 0.717) is 51.2 Å². The number of hydrogen-bond acceptors (Lipinski definition) is 9. The first kappa shape index (κ1) is 42.1. The number of nitrogens with zero attached hydrogens (tertiary/aromatic N) is 5. The van der Waals surface area contributed by atoms with Gasteiger partial charge >= 0.3 is 0 Å². The van der Waals surface area contributed by atoms with Gasteiger partial charge in [-0.1, -0.05) is 75.3 Å². The van der Waals surface area contributed by atoms with E-state index in [0.717, 1.165) is 63.1 Å². The number of sulfone groups is 1. The summed E-state index contributed by atoms with van der Waals surface area (Å²) in [5.41, 5.74) is 7.77. The standard InChI is InChI=1S/C49H64N6O5S/c1-47(2)20-18-39(43(28-47)48-32-49(33-48,34-48)52(3)4)30-53-22-24-54(25-23-53)40-15-12-37(13-16-40)45(60-41-26-38-19-21-50-46(38)51-29-41)31-61(58,59)42-17-14-36(44(27-42)55(56)57)11-10-35-8-6-5-7-9-35/h12-17,19,21,26-27,29,35,45H,5-11,18,20,22-25,28,30-34H2,1-4H3,(H,50,51). The molecule has 1 atom stereocenters. The Bertz CT molecular complexity index is 2370. The molecular weight excluding hydrogens is 785 g/mol. The first-order chi connectivity index (χ1) is 29.2. The molecule has 1 N–H and O–H groups in total. The second-order valence-corrected chi connectivity index (χ2v) is 22.3. The maximum atomic E-state index is 14.2. The van der Waals surface area contributed by atoms with Gasteiger partial charge in [0.05, 0.1) is 21.8 Å². The Kier molecular flexibility index (Phi) is 11.3. The number of hydrogen-bond donors (Lipinski definition) is 1. The van der Waals surface area contributed by atoms with Gasteiger partial charge in [-0.2, -0.15) is 0 Å². The number of nitrogens with one attached hydrogen (secondary N) is 1. The molecule has 2 aromatic carbocycles. The van der Waals surface area contributed by atoms with Crippen molar-refractivity contribution >= 4 is 32.2 Å². The number of anilines is 1. The summed E-state index contributed by atoms with van der Waals surface area (Å²) in [5, 5.41) is 13.1. The number of aromatic amines is 1. The number of benzene rings is 2. The van der Waals surface area contributed by atoms with Gasteiger partial charge in [-0.15, -0.1) is 0 Å². The van der Waals surface area contributed by atoms with Gasteiger partial charge in [0.15, 0.2) is 9.84 Å². The molecule has 0 radical (unpaired) electrons. The minimum atomic E-state index is -4.02. The molecule has 6 aliphatic rings. The topological polar surface area (TPSA) is 125 Å². The van der Waals surface area contributed by atoms with Crippen molar-refractivity contribution in [1.82, 2.24) is 19.8 Å². The van der Waals surface area contributed by atoms with E-state index in [1.54, 1.807) is 29.6 Å². The largest absolute Gasteiger partial charge is 0.483 e. The minimum absolute atomic E-state index is 0.0653. The van der Waals surface area contributed by atoms with E-state index in [2.05, 4.69) is 64.7 Å². The highest BCUT2D eigenvalue weighted by Crippen LogP contribution is 2.74. The summed E-state index contributed by atoms with van der Waals surface area (Å²) in [4.78, 5) is 26.9. The first-order valence-corrected chi connectivity index (χ1v) is 24.4. The van der Waals surface area contributed by atoms with E-state index in [4.69, 9.17) is 4.74 Å². The summed E-state index contributed by atoms with van der Waals surface area (Å²) >= 11 is 0. The van der Waals surface area contributed by atoms with Gasteiger partial charge in [0.25, 0.3) is 5.69 Å². The Morgan fingerprint density at radius 1 is 0.984 bits per heavy atom. The monoisotopic (exact) mass is 848 g/mol. The van der Waals surface area contributed by atoms with Crippen LogP contribution in [-0.2, 0) is 16.3 Å². The van der Waals surface area contributed by atoms with Crippen LogP contribution in [0.3, 0.4) is 0 Å². The average Bonchev–Trinajstić information content (AvgIpc) is 3.68. The number of fused-ring (bicyclic) bond motifs is 1. The van der Waals surface area contributed by atoms with Crippen molar-refractivity contribution in [3.05, 3.63) is 99.4 Å².